The molecule has 2 atom stereocenters. The Hall–Kier alpha value is -1.15. The molecule has 0 aliphatic heterocycles. The third-order valence-electron chi connectivity index (χ3n) is 4.68. The Morgan fingerprint density at radius 1 is 1.47 bits per heavy atom. The van der Waals surface area contributed by atoms with E-state index in [1.165, 1.54) is 21.6 Å². The normalized spacial score (nSPS) is 33.9. The number of thiophene rings is 1. The lowest BCUT2D eigenvalue weighted by Crippen LogP contribution is -2.35. The summed E-state index contributed by atoms with van der Waals surface area (Å²) in [5, 5.41) is 2.15. The molecule has 2 heteroatoms. The summed E-state index contributed by atoms with van der Waals surface area (Å²) in [4.78, 5) is 13.6. The number of hydrogen-bond acceptors (Lipinski definition) is 2. The van der Waals surface area contributed by atoms with Gasteiger partial charge in [0.05, 0.1) is 0 Å². The maximum atomic E-state index is 12.2. The second-order valence-electron chi connectivity index (χ2n) is 5.60. The van der Waals surface area contributed by atoms with E-state index >= 15 is 0 Å². The Kier molecular flexibility index (Phi) is 1.73. The first-order valence-corrected chi connectivity index (χ1v) is 7.07. The lowest BCUT2D eigenvalue weighted by atomic mass is 9.62. The van der Waals surface area contributed by atoms with Crippen molar-refractivity contribution < 1.29 is 4.79 Å². The molecule has 0 fully saturated rings. The Morgan fingerprint density at radius 3 is 3.24 bits per heavy atom. The molecule has 0 amide bonds. The van der Waals surface area contributed by atoms with E-state index in [1.807, 2.05) is 6.08 Å². The van der Waals surface area contributed by atoms with E-state index in [2.05, 4.69) is 24.4 Å². The quantitative estimate of drug-likeness (QED) is 0.635. The van der Waals surface area contributed by atoms with Gasteiger partial charge in [-0.15, -0.1) is 11.3 Å². The number of rotatable bonds is 0. The summed E-state index contributed by atoms with van der Waals surface area (Å²) < 4.78 is 0. The Labute approximate surface area is 105 Å². The van der Waals surface area contributed by atoms with Crippen molar-refractivity contribution >= 4 is 22.7 Å². The summed E-state index contributed by atoms with van der Waals surface area (Å²) >= 11 is 1.80. The highest BCUT2D eigenvalue weighted by atomic mass is 32.1. The van der Waals surface area contributed by atoms with E-state index in [-0.39, 0.29) is 11.3 Å². The van der Waals surface area contributed by atoms with Crippen LogP contribution >= 0.6 is 11.3 Å². The second kappa shape index (κ2) is 2.99. The van der Waals surface area contributed by atoms with Crippen molar-refractivity contribution in [1.82, 2.24) is 0 Å². The van der Waals surface area contributed by atoms with Crippen LogP contribution < -0.4 is 0 Å². The monoisotopic (exact) mass is 242 g/mol. The molecule has 1 aromatic rings. The van der Waals surface area contributed by atoms with Crippen LogP contribution in [0.15, 0.2) is 29.2 Å². The smallest absolute Gasteiger partial charge is 0.163 e. The fraction of sp³-hybridized carbons (Fsp3) is 0.400. The first-order chi connectivity index (χ1) is 8.20. The molecule has 3 aliphatic rings. The first-order valence-electron chi connectivity index (χ1n) is 6.19. The number of fused-ring (bicyclic) bond motifs is 3. The molecule has 2 bridgehead atoms. The van der Waals surface area contributed by atoms with Crippen LogP contribution in [-0.4, -0.2) is 5.78 Å². The van der Waals surface area contributed by atoms with Gasteiger partial charge in [0.15, 0.2) is 5.78 Å². The van der Waals surface area contributed by atoms with Crippen molar-refractivity contribution in [3.63, 3.8) is 0 Å². The molecule has 0 saturated heterocycles. The average Bonchev–Trinajstić information content (AvgIpc) is 2.84. The Balaban J connectivity index is 1.94. The summed E-state index contributed by atoms with van der Waals surface area (Å²) in [6, 6.07) is 2.23. The minimum Gasteiger partial charge on any atom is -0.294 e. The van der Waals surface area contributed by atoms with Crippen LogP contribution in [0, 0.1) is 11.3 Å². The largest absolute Gasteiger partial charge is 0.294 e. The molecular formula is C15H14OS. The highest BCUT2D eigenvalue weighted by molar-refractivity contribution is 7.11. The number of carbonyl (C=O) groups excluding carboxylic acids is 1. The van der Waals surface area contributed by atoms with Gasteiger partial charge in [-0.1, -0.05) is 11.6 Å². The summed E-state index contributed by atoms with van der Waals surface area (Å²) in [5.41, 5.74) is 4.35. The summed E-state index contributed by atoms with van der Waals surface area (Å²) in [6.07, 6.45) is 7.56. The predicted molar refractivity (Wildman–Crippen MR) is 69.9 cm³/mol. The van der Waals surface area contributed by atoms with Gasteiger partial charge in [-0.3, -0.25) is 4.79 Å². The number of ketones is 1. The molecule has 3 aliphatic carbocycles. The average molecular weight is 242 g/mol. The molecule has 86 valence electrons. The standard InChI is InChI=1S/C15H14OS/c1-9-2-4-15-7-10-3-5-17-14(10)12(15)6-13(16)11(9)8-15/h2-3,5-6,11H,4,7-8H2,1H3. The van der Waals surface area contributed by atoms with Gasteiger partial charge < -0.3 is 0 Å². The molecule has 1 nitrogen and oxygen atoms in total. The van der Waals surface area contributed by atoms with Crippen LogP contribution in [0.2, 0.25) is 0 Å². The van der Waals surface area contributed by atoms with Crippen LogP contribution in [0.1, 0.15) is 30.2 Å². The number of hydrogen-bond donors (Lipinski definition) is 0. The minimum atomic E-state index is 0.168. The van der Waals surface area contributed by atoms with Crippen molar-refractivity contribution in [3.05, 3.63) is 39.6 Å². The maximum absolute atomic E-state index is 12.2. The van der Waals surface area contributed by atoms with Crippen molar-refractivity contribution in [2.45, 2.75) is 26.2 Å². The van der Waals surface area contributed by atoms with Gasteiger partial charge in [0.2, 0.25) is 0 Å². The van der Waals surface area contributed by atoms with Crippen LogP contribution in [0.25, 0.3) is 5.57 Å². The molecule has 1 heterocycles. The van der Waals surface area contributed by atoms with E-state index in [0.717, 1.165) is 19.3 Å². The first kappa shape index (κ1) is 9.84. The maximum Gasteiger partial charge on any atom is 0.163 e. The molecule has 0 aromatic carbocycles. The Morgan fingerprint density at radius 2 is 2.35 bits per heavy atom. The third kappa shape index (κ3) is 1.12. The van der Waals surface area contributed by atoms with Crippen LogP contribution in [0.3, 0.4) is 0 Å². The highest BCUT2D eigenvalue weighted by Crippen LogP contribution is 2.59. The van der Waals surface area contributed by atoms with Crippen molar-refractivity contribution in [3.8, 4) is 0 Å². The lowest BCUT2D eigenvalue weighted by molar-refractivity contribution is -0.118. The zero-order valence-electron chi connectivity index (χ0n) is 9.82. The summed E-state index contributed by atoms with van der Waals surface area (Å²) in [7, 11) is 0. The van der Waals surface area contributed by atoms with Gasteiger partial charge in [-0.05, 0) is 54.8 Å². The van der Waals surface area contributed by atoms with Gasteiger partial charge >= 0.3 is 0 Å². The molecule has 0 saturated carbocycles. The summed E-state index contributed by atoms with van der Waals surface area (Å²) in [6.45, 7) is 2.11. The fourth-order valence-electron chi connectivity index (χ4n) is 3.70. The van der Waals surface area contributed by atoms with E-state index in [1.54, 1.807) is 11.3 Å². The van der Waals surface area contributed by atoms with Crippen molar-refractivity contribution in [2.24, 2.45) is 11.3 Å². The van der Waals surface area contributed by atoms with Crippen molar-refractivity contribution in [2.75, 3.05) is 0 Å². The molecule has 2 unspecified atom stereocenters. The van der Waals surface area contributed by atoms with Crippen LogP contribution in [0.5, 0.6) is 0 Å². The molecule has 17 heavy (non-hydrogen) atoms. The Bertz CT molecular complexity index is 590. The van der Waals surface area contributed by atoms with Crippen molar-refractivity contribution in [1.29, 1.82) is 0 Å². The van der Waals surface area contributed by atoms with Gasteiger partial charge in [0.1, 0.15) is 0 Å². The van der Waals surface area contributed by atoms with Gasteiger partial charge in [-0.2, -0.15) is 0 Å². The topological polar surface area (TPSA) is 17.1 Å². The predicted octanol–water partition coefficient (Wildman–Crippen LogP) is 3.61. The fourth-order valence-corrected chi connectivity index (χ4v) is 4.76. The van der Waals surface area contributed by atoms with Crippen LogP contribution in [-0.2, 0) is 11.2 Å². The number of carbonyl (C=O) groups is 1. The van der Waals surface area contributed by atoms with Gasteiger partial charge in [0.25, 0.3) is 0 Å². The van der Waals surface area contributed by atoms with E-state index < -0.39 is 0 Å². The number of allylic oxidation sites excluding steroid dienone is 4. The zero-order valence-corrected chi connectivity index (χ0v) is 10.6. The molecule has 0 radical (unpaired) electrons. The molecule has 1 spiro atoms. The van der Waals surface area contributed by atoms with Gasteiger partial charge in [0, 0.05) is 16.2 Å². The molecule has 0 N–H and O–H groups in total. The minimum absolute atomic E-state index is 0.168. The molecule has 4 rings (SSSR count). The highest BCUT2D eigenvalue weighted by Gasteiger charge is 2.49. The molecular weight excluding hydrogens is 228 g/mol. The molecule has 1 aromatic heterocycles. The SMILES string of the molecule is CC1=CCC23Cc4ccsc4C2=CC(=O)C1C3. The van der Waals surface area contributed by atoms with E-state index in [0.29, 0.717) is 5.78 Å². The van der Waals surface area contributed by atoms with Crippen LogP contribution in [0.4, 0.5) is 0 Å². The lowest BCUT2D eigenvalue weighted by Gasteiger charge is -2.40. The third-order valence-corrected chi connectivity index (χ3v) is 5.67. The van der Waals surface area contributed by atoms with E-state index in [4.69, 9.17) is 0 Å². The van der Waals surface area contributed by atoms with Gasteiger partial charge in [-0.25, -0.2) is 0 Å². The zero-order chi connectivity index (χ0) is 11.6. The van der Waals surface area contributed by atoms with E-state index in [9.17, 15) is 4.79 Å². The second-order valence-corrected chi connectivity index (χ2v) is 6.52. The summed E-state index contributed by atoms with van der Waals surface area (Å²) in [5.74, 6) is 0.492.